The summed E-state index contributed by atoms with van der Waals surface area (Å²) in [6, 6.07) is 15.9. The number of carbonyl (C=O) groups excluding carboxylic acids is 2. The summed E-state index contributed by atoms with van der Waals surface area (Å²) in [6.07, 6.45) is 1.09. The molecule has 9 nitrogen and oxygen atoms in total. The van der Waals surface area contributed by atoms with E-state index in [9.17, 15) is 27.9 Å². The van der Waals surface area contributed by atoms with Crippen LogP contribution in [0.1, 0.15) is 59.0 Å². The summed E-state index contributed by atoms with van der Waals surface area (Å²) in [5.74, 6) is -2.76. The highest BCUT2D eigenvalue weighted by molar-refractivity contribution is 7.89. The van der Waals surface area contributed by atoms with Crippen LogP contribution in [0.2, 0.25) is 5.02 Å². The van der Waals surface area contributed by atoms with Crippen molar-refractivity contribution in [2.45, 2.75) is 38.8 Å². The molecule has 0 aliphatic carbocycles. The van der Waals surface area contributed by atoms with Gasteiger partial charge >= 0.3 is 5.97 Å². The molecule has 38 heavy (non-hydrogen) atoms. The summed E-state index contributed by atoms with van der Waals surface area (Å²) in [4.78, 5) is 37.2. The number of carbonyl (C=O) groups is 3. The minimum atomic E-state index is -3.67. The lowest BCUT2D eigenvalue weighted by Gasteiger charge is -2.18. The predicted molar refractivity (Wildman–Crippen MR) is 147 cm³/mol. The van der Waals surface area contributed by atoms with Crippen LogP contribution in [0.3, 0.4) is 0 Å². The number of halogens is 1. The molecule has 0 heterocycles. The van der Waals surface area contributed by atoms with Crippen LogP contribution in [0.25, 0.3) is 10.8 Å². The highest BCUT2D eigenvalue weighted by Gasteiger charge is 2.24. The van der Waals surface area contributed by atoms with Crippen LogP contribution in [0.5, 0.6) is 0 Å². The molecule has 2 amide bonds. The van der Waals surface area contributed by atoms with Crippen LogP contribution >= 0.6 is 11.6 Å². The van der Waals surface area contributed by atoms with Gasteiger partial charge in [0.1, 0.15) is 6.04 Å². The maximum absolute atomic E-state index is 12.9. The van der Waals surface area contributed by atoms with Crippen LogP contribution in [0.15, 0.2) is 60.7 Å². The van der Waals surface area contributed by atoms with Crippen molar-refractivity contribution in [3.8, 4) is 0 Å². The molecular weight excluding hydrogens is 530 g/mol. The second-order valence-electron chi connectivity index (χ2n) is 8.84. The maximum atomic E-state index is 12.9. The third-order valence-corrected chi connectivity index (χ3v) is 7.74. The quantitative estimate of drug-likeness (QED) is 0.265. The van der Waals surface area contributed by atoms with E-state index in [0.29, 0.717) is 12.8 Å². The molecule has 0 aliphatic heterocycles. The molecule has 0 fully saturated rings. The van der Waals surface area contributed by atoms with Crippen LogP contribution < -0.4 is 15.4 Å². The monoisotopic (exact) mass is 559 g/mol. The number of sulfonamides is 1. The van der Waals surface area contributed by atoms with Gasteiger partial charge in [0.15, 0.2) is 0 Å². The second kappa shape index (κ2) is 12.9. The van der Waals surface area contributed by atoms with Crippen molar-refractivity contribution in [3.63, 3.8) is 0 Å². The molecule has 3 aromatic rings. The molecule has 0 saturated carbocycles. The van der Waals surface area contributed by atoms with Crippen LogP contribution in [-0.2, 0) is 14.8 Å². The normalized spacial score (nSPS) is 13.0. The Morgan fingerprint density at radius 3 is 2.37 bits per heavy atom. The lowest BCUT2D eigenvalue weighted by molar-refractivity contribution is -0.139. The SMILES string of the molecule is CCCCS(=O)(=O)NC[C@H](NC(=O)c1ccc(C(=O)N[C@H](C)c2cccc3ccccc23)cc1Cl)C(=O)O. The molecule has 4 N–H and O–H groups in total. The van der Waals surface area contributed by atoms with Crippen molar-refractivity contribution in [1.29, 1.82) is 0 Å². The molecular formula is C27H30ClN3O6S. The molecule has 0 unspecified atom stereocenters. The number of benzene rings is 3. The van der Waals surface area contributed by atoms with E-state index in [1.165, 1.54) is 18.2 Å². The Balaban J connectivity index is 1.68. The summed E-state index contributed by atoms with van der Waals surface area (Å²) >= 11 is 6.27. The standard InChI is InChI=1S/C27H30ClN3O6S/c1-3-4-14-38(36,37)29-16-24(27(34)35)31-26(33)22-13-12-19(15-23(22)28)25(32)30-17(2)20-11-7-9-18-8-5-6-10-21(18)20/h5-13,15,17,24,29H,3-4,14,16H2,1-2H3,(H,30,32)(H,31,33)(H,34,35)/t17-,24+/m1/s1. The molecule has 0 aliphatic rings. The fourth-order valence-corrected chi connectivity index (χ4v) is 5.38. The fraction of sp³-hybridized carbons (Fsp3) is 0.296. The van der Waals surface area contributed by atoms with Crippen molar-refractivity contribution < 1.29 is 27.9 Å². The summed E-state index contributed by atoms with van der Waals surface area (Å²) in [6.45, 7) is 3.18. The zero-order chi connectivity index (χ0) is 27.9. The zero-order valence-electron chi connectivity index (χ0n) is 21.0. The van der Waals surface area contributed by atoms with Crippen molar-refractivity contribution in [2.75, 3.05) is 12.3 Å². The molecule has 202 valence electrons. The van der Waals surface area contributed by atoms with Gasteiger partial charge in [-0.25, -0.2) is 17.9 Å². The van der Waals surface area contributed by atoms with Gasteiger partial charge in [-0.05, 0) is 47.9 Å². The Labute approximate surface area is 226 Å². The summed E-state index contributed by atoms with van der Waals surface area (Å²) in [7, 11) is -3.67. The summed E-state index contributed by atoms with van der Waals surface area (Å²) in [5.41, 5.74) is 1.12. The van der Waals surface area contributed by atoms with Gasteiger partial charge in [-0.3, -0.25) is 9.59 Å². The number of carboxylic acids is 1. The number of rotatable bonds is 12. The van der Waals surface area contributed by atoms with E-state index in [1.807, 2.05) is 56.3 Å². The van der Waals surface area contributed by atoms with E-state index in [2.05, 4.69) is 15.4 Å². The molecule has 0 spiro atoms. The Morgan fingerprint density at radius 2 is 1.68 bits per heavy atom. The van der Waals surface area contributed by atoms with E-state index in [-0.39, 0.29) is 27.9 Å². The smallest absolute Gasteiger partial charge is 0.327 e. The van der Waals surface area contributed by atoms with Crippen molar-refractivity contribution in [3.05, 3.63) is 82.4 Å². The molecule has 2 atom stereocenters. The number of amides is 2. The lowest BCUT2D eigenvalue weighted by atomic mass is 9.99. The highest BCUT2D eigenvalue weighted by Crippen LogP contribution is 2.25. The number of unbranched alkanes of at least 4 members (excludes halogenated alkanes) is 1. The second-order valence-corrected chi connectivity index (χ2v) is 11.2. The first kappa shape index (κ1) is 29.1. The average molecular weight is 560 g/mol. The van der Waals surface area contributed by atoms with Gasteiger partial charge in [0.2, 0.25) is 10.0 Å². The molecule has 0 bridgehead atoms. The van der Waals surface area contributed by atoms with Gasteiger partial charge < -0.3 is 15.7 Å². The van der Waals surface area contributed by atoms with Gasteiger partial charge in [0.05, 0.1) is 22.4 Å². The average Bonchev–Trinajstić information content (AvgIpc) is 2.89. The highest BCUT2D eigenvalue weighted by atomic mass is 35.5. The molecule has 0 aromatic heterocycles. The van der Waals surface area contributed by atoms with Gasteiger partial charge in [0.25, 0.3) is 11.8 Å². The molecule has 0 radical (unpaired) electrons. The number of hydrogen-bond donors (Lipinski definition) is 4. The van der Waals surface area contributed by atoms with Gasteiger partial charge in [0, 0.05) is 12.1 Å². The van der Waals surface area contributed by atoms with Gasteiger partial charge in [-0.15, -0.1) is 0 Å². The minimum Gasteiger partial charge on any atom is -0.480 e. The number of aliphatic carboxylic acids is 1. The first-order valence-electron chi connectivity index (χ1n) is 12.1. The minimum absolute atomic E-state index is 0.0505. The largest absolute Gasteiger partial charge is 0.480 e. The lowest BCUT2D eigenvalue weighted by Crippen LogP contribution is -2.48. The maximum Gasteiger partial charge on any atom is 0.327 e. The molecule has 3 aromatic carbocycles. The van der Waals surface area contributed by atoms with Crippen molar-refractivity contribution in [1.82, 2.24) is 15.4 Å². The number of hydrogen-bond acceptors (Lipinski definition) is 5. The van der Waals surface area contributed by atoms with E-state index in [4.69, 9.17) is 11.6 Å². The summed E-state index contributed by atoms with van der Waals surface area (Å²) < 4.78 is 26.2. The first-order chi connectivity index (χ1) is 18.0. The van der Waals surface area contributed by atoms with Crippen molar-refractivity contribution >= 4 is 50.2 Å². The fourth-order valence-electron chi connectivity index (χ4n) is 3.88. The zero-order valence-corrected chi connectivity index (χ0v) is 22.6. The van der Waals surface area contributed by atoms with Crippen molar-refractivity contribution in [2.24, 2.45) is 0 Å². The molecule has 11 heteroatoms. The number of fused-ring (bicyclic) bond motifs is 1. The van der Waals surface area contributed by atoms with Gasteiger partial charge in [-0.1, -0.05) is 67.4 Å². The van der Waals surface area contributed by atoms with E-state index in [0.717, 1.165) is 16.3 Å². The molecule has 0 saturated heterocycles. The van der Waals surface area contributed by atoms with E-state index >= 15 is 0 Å². The number of nitrogens with one attached hydrogen (secondary N) is 3. The Hall–Kier alpha value is -3.47. The Morgan fingerprint density at radius 1 is 0.974 bits per heavy atom. The molecule has 3 rings (SSSR count). The Kier molecular flexibility index (Phi) is 9.84. The first-order valence-corrected chi connectivity index (χ1v) is 14.1. The van der Waals surface area contributed by atoms with Crippen LogP contribution in [0, 0.1) is 0 Å². The number of carboxylic acid groups (broad SMARTS) is 1. The van der Waals surface area contributed by atoms with Crippen LogP contribution in [0.4, 0.5) is 0 Å². The topological polar surface area (TPSA) is 142 Å². The third kappa shape index (κ3) is 7.53. The van der Waals surface area contributed by atoms with Gasteiger partial charge in [-0.2, -0.15) is 0 Å². The van der Waals surface area contributed by atoms with Crippen LogP contribution in [-0.4, -0.2) is 49.6 Å². The van der Waals surface area contributed by atoms with E-state index < -0.39 is 40.4 Å². The Bertz CT molecular complexity index is 1440. The van der Waals surface area contributed by atoms with E-state index in [1.54, 1.807) is 0 Å². The summed E-state index contributed by atoms with van der Waals surface area (Å²) in [5, 5.41) is 16.7. The third-order valence-electron chi connectivity index (χ3n) is 5.99. The predicted octanol–water partition coefficient (Wildman–Crippen LogP) is 3.89.